The molecule has 0 N–H and O–H groups in total. The number of hydrogen-bond donors (Lipinski definition) is 0. The second-order valence-electron chi connectivity index (χ2n) is 8.19. The number of aromatic nitrogens is 3. The van der Waals surface area contributed by atoms with Gasteiger partial charge in [-0.25, -0.2) is 9.97 Å². The molecule has 7 heteroatoms. The van der Waals surface area contributed by atoms with Crippen molar-refractivity contribution in [3.8, 4) is 11.6 Å². The van der Waals surface area contributed by atoms with Gasteiger partial charge in [0.2, 0.25) is 0 Å². The Bertz CT molecular complexity index is 1530. The number of hydrogen-bond acceptors (Lipinski definition) is 5. The van der Waals surface area contributed by atoms with E-state index in [1.54, 1.807) is 0 Å². The Labute approximate surface area is 208 Å². The Kier molecular flexibility index (Phi) is 6.38. The van der Waals surface area contributed by atoms with E-state index < -0.39 is 0 Å². The molecule has 3 aromatic carbocycles. The highest BCUT2D eigenvalue weighted by Gasteiger charge is 2.21. The molecule has 0 saturated carbocycles. The summed E-state index contributed by atoms with van der Waals surface area (Å²) in [7, 11) is 0. The molecule has 0 saturated heterocycles. The fraction of sp³-hybridized carbons (Fsp3) is 0.179. The van der Waals surface area contributed by atoms with Crippen molar-refractivity contribution in [2.45, 2.75) is 26.9 Å². The minimum atomic E-state index is -0.274. The molecular weight excluding hydrogens is 462 g/mol. The molecule has 0 fully saturated rings. The average molecular weight is 486 g/mol. The largest absolute Gasteiger partial charge is 0.489 e. The lowest BCUT2D eigenvalue weighted by atomic mass is 10.1. The fourth-order valence-corrected chi connectivity index (χ4v) is 4.51. The number of nitrogens with zero attached hydrogens (tertiary/aromatic N) is 3. The van der Waals surface area contributed by atoms with Gasteiger partial charge in [-0.05, 0) is 61.4 Å². The first-order valence-electron chi connectivity index (χ1n) is 11.4. The molecule has 5 rings (SSSR count). The average Bonchev–Trinajstić information content (AvgIpc) is 3.13. The molecule has 0 unspecified atom stereocenters. The van der Waals surface area contributed by atoms with E-state index in [0.717, 1.165) is 50.2 Å². The summed E-state index contributed by atoms with van der Waals surface area (Å²) in [5, 5.41) is 2.39. The Morgan fingerprint density at radius 2 is 1.83 bits per heavy atom. The summed E-state index contributed by atoms with van der Waals surface area (Å²) in [5.41, 5.74) is 4.54. The maximum Gasteiger partial charge on any atom is 0.310 e. The zero-order valence-electron chi connectivity index (χ0n) is 19.5. The van der Waals surface area contributed by atoms with E-state index in [-0.39, 0.29) is 12.4 Å². The highest BCUT2D eigenvalue weighted by Crippen LogP contribution is 2.34. The quantitative estimate of drug-likeness (QED) is 0.256. The van der Waals surface area contributed by atoms with E-state index in [0.29, 0.717) is 18.2 Å². The van der Waals surface area contributed by atoms with Crippen LogP contribution < -0.4 is 4.74 Å². The molecule has 176 valence electrons. The lowest BCUT2D eigenvalue weighted by Crippen LogP contribution is -2.09. The number of carbonyl (C=O) groups is 1. The highest BCUT2D eigenvalue weighted by atomic mass is 35.5. The smallest absolute Gasteiger partial charge is 0.310 e. The Hall–Kier alpha value is -3.90. The normalized spacial score (nSPS) is 11.2. The van der Waals surface area contributed by atoms with Crippen molar-refractivity contribution < 1.29 is 14.3 Å². The lowest BCUT2D eigenvalue weighted by molar-refractivity contribution is -0.142. The van der Waals surface area contributed by atoms with Crippen LogP contribution in [0.5, 0.6) is 5.75 Å². The molecule has 2 heterocycles. The third kappa shape index (κ3) is 4.57. The van der Waals surface area contributed by atoms with Crippen LogP contribution in [0.25, 0.3) is 27.6 Å². The number of esters is 1. The van der Waals surface area contributed by atoms with E-state index in [4.69, 9.17) is 21.1 Å². The predicted octanol–water partition coefficient (Wildman–Crippen LogP) is 6.22. The van der Waals surface area contributed by atoms with Crippen molar-refractivity contribution in [1.82, 2.24) is 14.5 Å². The van der Waals surface area contributed by atoms with Crippen LogP contribution in [0.2, 0.25) is 5.02 Å². The minimum absolute atomic E-state index is 0.153. The molecule has 6 nitrogen and oxygen atoms in total. The van der Waals surface area contributed by atoms with Gasteiger partial charge in [-0.15, -0.1) is 0 Å². The molecule has 0 bridgehead atoms. The molecule has 0 atom stereocenters. The molecular formula is C28H24ClN3O3. The van der Waals surface area contributed by atoms with Crippen LogP contribution in [0.15, 0.2) is 73.1 Å². The van der Waals surface area contributed by atoms with Crippen molar-refractivity contribution in [3.05, 3.63) is 94.9 Å². The Balaban J connectivity index is 1.64. The van der Waals surface area contributed by atoms with E-state index in [2.05, 4.69) is 14.5 Å². The number of carbonyl (C=O) groups excluding carboxylic acids is 1. The second kappa shape index (κ2) is 9.76. The zero-order valence-corrected chi connectivity index (χ0v) is 20.2. The van der Waals surface area contributed by atoms with Crippen LogP contribution in [-0.4, -0.2) is 27.1 Å². The van der Waals surface area contributed by atoms with Gasteiger partial charge in [0.15, 0.2) is 0 Å². The van der Waals surface area contributed by atoms with Gasteiger partial charge in [-0.1, -0.05) is 41.9 Å². The standard InChI is InChI=1S/C28H24ClN3O3/c1-3-34-27(33)15-23-18(2)32(28-22-11-9-20(29)13-25(22)30-17-31-28)26-12-10-21(14-24(23)26)35-16-19-7-5-4-6-8-19/h4-14,17H,3,15-16H2,1-2H3. The third-order valence-electron chi connectivity index (χ3n) is 5.97. The highest BCUT2D eigenvalue weighted by molar-refractivity contribution is 6.31. The summed E-state index contributed by atoms with van der Waals surface area (Å²) in [6.07, 6.45) is 1.68. The van der Waals surface area contributed by atoms with E-state index in [9.17, 15) is 4.79 Å². The van der Waals surface area contributed by atoms with Gasteiger partial charge in [0.05, 0.1) is 24.1 Å². The van der Waals surface area contributed by atoms with Crippen LogP contribution in [0.3, 0.4) is 0 Å². The monoisotopic (exact) mass is 485 g/mol. The van der Waals surface area contributed by atoms with Crippen molar-refractivity contribution in [1.29, 1.82) is 0 Å². The van der Waals surface area contributed by atoms with Crippen LogP contribution in [-0.2, 0) is 22.6 Å². The van der Waals surface area contributed by atoms with Crippen molar-refractivity contribution in [2.24, 2.45) is 0 Å². The Morgan fingerprint density at radius 1 is 1.00 bits per heavy atom. The van der Waals surface area contributed by atoms with Crippen molar-refractivity contribution in [2.75, 3.05) is 6.61 Å². The van der Waals surface area contributed by atoms with Crippen molar-refractivity contribution in [3.63, 3.8) is 0 Å². The van der Waals surface area contributed by atoms with Gasteiger partial charge in [-0.3, -0.25) is 9.36 Å². The molecule has 5 aromatic rings. The molecule has 0 aliphatic heterocycles. The van der Waals surface area contributed by atoms with E-state index in [1.165, 1.54) is 6.33 Å². The van der Waals surface area contributed by atoms with Gasteiger partial charge in [0.25, 0.3) is 0 Å². The maximum absolute atomic E-state index is 12.5. The molecule has 0 radical (unpaired) electrons. The van der Waals surface area contributed by atoms with Crippen LogP contribution in [0.4, 0.5) is 0 Å². The molecule has 0 amide bonds. The number of rotatable bonds is 7. The van der Waals surface area contributed by atoms with Gasteiger partial charge >= 0.3 is 5.97 Å². The third-order valence-corrected chi connectivity index (χ3v) is 6.21. The Morgan fingerprint density at radius 3 is 2.63 bits per heavy atom. The number of fused-ring (bicyclic) bond motifs is 2. The van der Waals surface area contributed by atoms with Gasteiger partial charge in [-0.2, -0.15) is 0 Å². The van der Waals surface area contributed by atoms with Crippen LogP contribution in [0.1, 0.15) is 23.7 Å². The van der Waals surface area contributed by atoms with Crippen LogP contribution >= 0.6 is 11.6 Å². The maximum atomic E-state index is 12.5. The lowest BCUT2D eigenvalue weighted by Gasteiger charge is -2.11. The SMILES string of the molecule is CCOC(=O)Cc1c(C)n(-c2ncnc3cc(Cl)ccc23)c2ccc(OCc3ccccc3)cc12. The van der Waals surface area contributed by atoms with Crippen molar-refractivity contribution >= 4 is 39.4 Å². The molecule has 2 aromatic heterocycles. The molecule has 35 heavy (non-hydrogen) atoms. The number of benzene rings is 3. The van der Waals surface area contributed by atoms with Gasteiger partial charge < -0.3 is 9.47 Å². The molecule has 0 aliphatic carbocycles. The van der Waals surface area contributed by atoms with Crippen LogP contribution in [0, 0.1) is 6.92 Å². The summed E-state index contributed by atoms with van der Waals surface area (Å²) in [6.45, 7) is 4.58. The summed E-state index contributed by atoms with van der Waals surface area (Å²) >= 11 is 6.19. The number of halogens is 1. The number of ether oxygens (including phenoxy) is 2. The van der Waals surface area contributed by atoms with Gasteiger partial charge in [0, 0.05) is 21.5 Å². The first-order chi connectivity index (χ1) is 17.0. The first kappa shape index (κ1) is 22.9. The summed E-state index contributed by atoms with van der Waals surface area (Å²) in [6, 6.07) is 21.5. The van der Waals surface area contributed by atoms with E-state index in [1.807, 2.05) is 80.6 Å². The zero-order chi connectivity index (χ0) is 24.4. The second-order valence-corrected chi connectivity index (χ2v) is 8.63. The molecule has 0 spiro atoms. The summed E-state index contributed by atoms with van der Waals surface area (Å²) < 4.78 is 13.4. The molecule has 0 aliphatic rings. The first-order valence-corrected chi connectivity index (χ1v) is 11.8. The summed E-state index contributed by atoms with van der Waals surface area (Å²) in [5.74, 6) is 1.18. The summed E-state index contributed by atoms with van der Waals surface area (Å²) in [4.78, 5) is 21.5. The minimum Gasteiger partial charge on any atom is -0.489 e. The van der Waals surface area contributed by atoms with E-state index >= 15 is 0 Å². The predicted molar refractivity (Wildman–Crippen MR) is 137 cm³/mol. The van der Waals surface area contributed by atoms with Gasteiger partial charge in [0.1, 0.15) is 24.5 Å². The topological polar surface area (TPSA) is 66.2 Å². The fourth-order valence-electron chi connectivity index (χ4n) is 4.34.